The van der Waals surface area contributed by atoms with Gasteiger partial charge in [0.25, 0.3) is 0 Å². The molecule has 0 aliphatic rings. The topological polar surface area (TPSA) is 52.3 Å². The van der Waals surface area contributed by atoms with Crippen LogP contribution in [-0.2, 0) is 14.9 Å². The van der Waals surface area contributed by atoms with Crippen LogP contribution in [0.4, 0.5) is 4.39 Å². The summed E-state index contributed by atoms with van der Waals surface area (Å²) in [5, 5.41) is 0. The highest BCUT2D eigenvalue weighted by molar-refractivity contribution is 5.84. The summed E-state index contributed by atoms with van der Waals surface area (Å²) in [5.41, 5.74) is 4.71. The zero-order valence-electron chi connectivity index (χ0n) is 9.44. The predicted molar refractivity (Wildman–Crippen MR) is 59.8 cm³/mol. The molecular formula is C12H16FNO2. The van der Waals surface area contributed by atoms with Crippen LogP contribution in [0.5, 0.6) is 0 Å². The highest BCUT2D eigenvalue weighted by atomic mass is 19.1. The lowest BCUT2D eigenvalue weighted by Gasteiger charge is -2.31. The quantitative estimate of drug-likeness (QED) is 0.788. The van der Waals surface area contributed by atoms with Gasteiger partial charge in [-0.15, -0.1) is 0 Å². The number of hydrogen-bond acceptors (Lipinski definition) is 3. The molecule has 0 saturated heterocycles. The van der Waals surface area contributed by atoms with E-state index in [-0.39, 0.29) is 6.54 Å². The number of halogens is 1. The second-order valence-corrected chi connectivity index (χ2v) is 3.65. The molecule has 0 aliphatic heterocycles. The average Bonchev–Trinajstić information content (AvgIpc) is 2.31. The van der Waals surface area contributed by atoms with E-state index in [1.807, 2.05) is 0 Å². The molecule has 4 heteroatoms. The molecular weight excluding hydrogens is 209 g/mol. The zero-order valence-corrected chi connectivity index (χ0v) is 9.44. The van der Waals surface area contributed by atoms with Crippen LogP contribution in [0.2, 0.25) is 0 Å². The van der Waals surface area contributed by atoms with Crippen molar-refractivity contribution in [2.45, 2.75) is 18.5 Å². The van der Waals surface area contributed by atoms with Crippen LogP contribution >= 0.6 is 0 Å². The van der Waals surface area contributed by atoms with E-state index in [0.29, 0.717) is 5.56 Å². The van der Waals surface area contributed by atoms with Crippen LogP contribution < -0.4 is 5.73 Å². The molecule has 0 saturated carbocycles. The van der Waals surface area contributed by atoms with E-state index in [1.165, 1.54) is 14.0 Å². The minimum Gasteiger partial charge on any atom is -0.468 e. The molecule has 0 aromatic heterocycles. The minimum absolute atomic E-state index is 0.124. The van der Waals surface area contributed by atoms with Crippen LogP contribution in [0, 0.1) is 0 Å². The molecule has 0 bridgehead atoms. The molecule has 1 aromatic carbocycles. The van der Waals surface area contributed by atoms with Gasteiger partial charge in [0.05, 0.1) is 7.11 Å². The van der Waals surface area contributed by atoms with Crippen molar-refractivity contribution in [1.82, 2.24) is 0 Å². The number of benzene rings is 1. The van der Waals surface area contributed by atoms with Crippen molar-refractivity contribution in [2.24, 2.45) is 5.73 Å². The van der Waals surface area contributed by atoms with Gasteiger partial charge in [0.1, 0.15) is 11.6 Å². The van der Waals surface area contributed by atoms with Crippen molar-refractivity contribution in [3.8, 4) is 0 Å². The first-order valence-corrected chi connectivity index (χ1v) is 5.07. The van der Waals surface area contributed by atoms with E-state index in [9.17, 15) is 9.18 Å². The SMILES string of the molecule is COC(=O)C(CN)(c1ccccc1)C(C)F. The summed E-state index contributed by atoms with van der Waals surface area (Å²) in [6.07, 6.45) is -1.41. The Labute approximate surface area is 94.4 Å². The molecule has 2 unspecified atom stereocenters. The Morgan fingerprint density at radius 3 is 2.44 bits per heavy atom. The van der Waals surface area contributed by atoms with E-state index >= 15 is 0 Å². The fourth-order valence-electron chi connectivity index (χ4n) is 1.79. The number of nitrogens with two attached hydrogens (primary N) is 1. The lowest BCUT2D eigenvalue weighted by atomic mass is 9.77. The first-order valence-electron chi connectivity index (χ1n) is 5.07. The van der Waals surface area contributed by atoms with Gasteiger partial charge in [-0.1, -0.05) is 30.3 Å². The smallest absolute Gasteiger partial charge is 0.320 e. The maximum Gasteiger partial charge on any atom is 0.320 e. The lowest BCUT2D eigenvalue weighted by molar-refractivity contribution is -0.149. The Balaban J connectivity index is 3.29. The maximum atomic E-state index is 13.8. The summed E-state index contributed by atoms with van der Waals surface area (Å²) in [5.74, 6) is -0.642. The molecule has 1 aromatic rings. The van der Waals surface area contributed by atoms with Crippen molar-refractivity contribution < 1.29 is 13.9 Å². The van der Waals surface area contributed by atoms with Gasteiger partial charge in [-0.3, -0.25) is 4.79 Å². The van der Waals surface area contributed by atoms with Gasteiger partial charge in [-0.25, -0.2) is 4.39 Å². The summed E-state index contributed by atoms with van der Waals surface area (Å²) < 4.78 is 18.4. The van der Waals surface area contributed by atoms with Gasteiger partial charge in [-0.2, -0.15) is 0 Å². The molecule has 0 spiro atoms. The van der Waals surface area contributed by atoms with Crippen LogP contribution in [0.1, 0.15) is 12.5 Å². The zero-order chi connectivity index (χ0) is 12.2. The third-order valence-electron chi connectivity index (χ3n) is 2.84. The minimum atomic E-state index is -1.41. The number of esters is 1. The maximum absolute atomic E-state index is 13.8. The molecule has 1 rings (SSSR count). The van der Waals surface area contributed by atoms with Gasteiger partial charge in [-0.05, 0) is 12.5 Å². The highest BCUT2D eigenvalue weighted by Crippen LogP contribution is 2.30. The number of rotatable bonds is 4. The molecule has 16 heavy (non-hydrogen) atoms. The third kappa shape index (κ3) is 1.93. The summed E-state index contributed by atoms with van der Waals surface area (Å²) in [4.78, 5) is 11.8. The molecule has 2 N–H and O–H groups in total. The van der Waals surface area contributed by atoms with Gasteiger partial charge >= 0.3 is 5.97 Å². The van der Waals surface area contributed by atoms with E-state index in [1.54, 1.807) is 30.3 Å². The average molecular weight is 225 g/mol. The molecule has 0 fully saturated rings. The predicted octanol–water partition coefficient (Wildman–Crippen LogP) is 1.41. The number of carbonyl (C=O) groups excluding carboxylic acids is 1. The molecule has 88 valence electrons. The fraction of sp³-hybridized carbons (Fsp3) is 0.417. The molecule has 0 amide bonds. The first kappa shape index (κ1) is 12.6. The van der Waals surface area contributed by atoms with E-state index < -0.39 is 17.6 Å². The molecule has 0 radical (unpaired) electrons. The van der Waals surface area contributed by atoms with Gasteiger partial charge in [0.15, 0.2) is 0 Å². The molecule has 0 heterocycles. The largest absolute Gasteiger partial charge is 0.468 e. The Morgan fingerprint density at radius 1 is 1.50 bits per heavy atom. The second kappa shape index (κ2) is 5.07. The lowest BCUT2D eigenvalue weighted by Crippen LogP contribution is -2.50. The van der Waals surface area contributed by atoms with Crippen LogP contribution in [0.3, 0.4) is 0 Å². The van der Waals surface area contributed by atoms with E-state index in [4.69, 9.17) is 5.73 Å². The highest BCUT2D eigenvalue weighted by Gasteiger charge is 2.45. The fourth-order valence-corrected chi connectivity index (χ4v) is 1.79. The Bertz CT molecular complexity index is 353. The van der Waals surface area contributed by atoms with Crippen LogP contribution in [0.15, 0.2) is 30.3 Å². The number of carbonyl (C=O) groups is 1. The van der Waals surface area contributed by atoms with Gasteiger partial charge in [0, 0.05) is 6.54 Å². The first-order chi connectivity index (χ1) is 7.59. The van der Waals surface area contributed by atoms with Crippen LogP contribution in [0.25, 0.3) is 0 Å². The Morgan fingerprint density at radius 2 is 2.06 bits per heavy atom. The molecule has 2 atom stereocenters. The van der Waals surface area contributed by atoms with Crippen molar-refractivity contribution in [2.75, 3.05) is 13.7 Å². The van der Waals surface area contributed by atoms with Gasteiger partial charge in [0.2, 0.25) is 0 Å². The van der Waals surface area contributed by atoms with Crippen molar-refractivity contribution in [1.29, 1.82) is 0 Å². The third-order valence-corrected chi connectivity index (χ3v) is 2.84. The summed E-state index contributed by atoms with van der Waals surface area (Å²) in [6.45, 7) is 1.19. The summed E-state index contributed by atoms with van der Waals surface area (Å²) in [6, 6.07) is 8.64. The van der Waals surface area contributed by atoms with E-state index in [2.05, 4.69) is 4.74 Å². The molecule has 0 aliphatic carbocycles. The van der Waals surface area contributed by atoms with Crippen molar-refractivity contribution in [3.63, 3.8) is 0 Å². The number of ether oxygens (including phenoxy) is 1. The number of hydrogen-bond donors (Lipinski definition) is 1. The van der Waals surface area contributed by atoms with Crippen molar-refractivity contribution in [3.05, 3.63) is 35.9 Å². The Kier molecular flexibility index (Phi) is 4.01. The monoisotopic (exact) mass is 225 g/mol. The normalized spacial score (nSPS) is 16.2. The Hall–Kier alpha value is -1.42. The summed E-state index contributed by atoms with van der Waals surface area (Å²) in [7, 11) is 1.23. The van der Waals surface area contributed by atoms with Crippen LogP contribution in [-0.4, -0.2) is 25.8 Å². The summed E-state index contributed by atoms with van der Waals surface area (Å²) >= 11 is 0. The van der Waals surface area contributed by atoms with Gasteiger partial charge < -0.3 is 10.5 Å². The van der Waals surface area contributed by atoms with E-state index in [0.717, 1.165) is 0 Å². The number of alkyl halides is 1. The second-order valence-electron chi connectivity index (χ2n) is 3.65. The number of methoxy groups -OCH3 is 1. The molecule has 3 nitrogen and oxygen atoms in total. The van der Waals surface area contributed by atoms with Crippen molar-refractivity contribution >= 4 is 5.97 Å². The standard InChI is InChI=1S/C12H16FNO2/c1-9(13)12(8-14,11(15)16-2)10-6-4-3-5-7-10/h3-7,9H,8,14H2,1-2H3.